The fourth-order valence-electron chi connectivity index (χ4n) is 6.46. The van der Waals surface area contributed by atoms with Crippen LogP contribution in [0.15, 0.2) is 66.7 Å². The van der Waals surface area contributed by atoms with Gasteiger partial charge in [0.25, 0.3) is 0 Å². The summed E-state index contributed by atoms with van der Waals surface area (Å²) >= 11 is 0. The van der Waals surface area contributed by atoms with E-state index in [1.165, 1.54) is 86.1 Å². The van der Waals surface area contributed by atoms with Crippen molar-refractivity contribution in [3.63, 3.8) is 0 Å². The molecule has 5 rings (SSSR count). The minimum absolute atomic E-state index is 0.0976. The van der Waals surface area contributed by atoms with Gasteiger partial charge in [0.15, 0.2) is 0 Å². The molecule has 2 aliphatic rings. The maximum absolute atomic E-state index is 13.6. The lowest BCUT2D eigenvalue weighted by Gasteiger charge is -2.40. The van der Waals surface area contributed by atoms with Crippen molar-refractivity contribution in [1.82, 2.24) is 4.72 Å². The van der Waals surface area contributed by atoms with Gasteiger partial charge in [0.05, 0.1) is 21.8 Å². The van der Waals surface area contributed by atoms with E-state index in [2.05, 4.69) is 92.2 Å². The lowest BCUT2D eigenvalue weighted by Crippen LogP contribution is -2.38. The Labute approximate surface area is 228 Å². The first-order valence-electron chi connectivity index (χ1n) is 14.5. The van der Waals surface area contributed by atoms with Crippen LogP contribution in [0.2, 0.25) is 0 Å². The van der Waals surface area contributed by atoms with Crippen molar-refractivity contribution in [3.05, 3.63) is 77.9 Å². The van der Waals surface area contributed by atoms with E-state index in [0.717, 1.165) is 11.3 Å². The van der Waals surface area contributed by atoms with E-state index in [-0.39, 0.29) is 18.7 Å². The second-order valence-electron chi connectivity index (χ2n) is 12.1. The van der Waals surface area contributed by atoms with E-state index in [1.807, 2.05) is 0 Å². The van der Waals surface area contributed by atoms with Crippen LogP contribution >= 0.6 is 7.92 Å². The Bertz CT molecular complexity index is 1180. The molecule has 2 aliphatic carbocycles. The number of rotatable bonds is 7. The van der Waals surface area contributed by atoms with Crippen LogP contribution in [-0.4, -0.2) is 20.3 Å². The lowest BCUT2D eigenvalue weighted by atomic mass is 9.94. The van der Waals surface area contributed by atoms with Gasteiger partial charge in [-0.05, 0) is 85.0 Å². The lowest BCUT2D eigenvalue weighted by molar-refractivity contribution is 0.487. The molecule has 0 bridgehead atoms. The van der Waals surface area contributed by atoms with Crippen molar-refractivity contribution in [2.45, 2.75) is 107 Å². The molecule has 0 radical (unpaired) electrons. The molecule has 37 heavy (non-hydrogen) atoms. The highest BCUT2D eigenvalue weighted by Crippen LogP contribution is 2.56. The van der Waals surface area contributed by atoms with Crippen LogP contribution < -0.4 is 10.0 Å². The highest BCUT2D eigenvalue weighted by Gasteiger charge is 2.35. The van der Waals surface area contributed by atoms with Crippen molar-refractivity contribution in [2.75, 3.05) is 0 Å². The molecule has 0 aromatic heterocycles. The molecule has 4 heteroatoms. The summed E-state index contributed by atoms with van der Waals surface area (Å²) in [5.41, 5.74) is 4.26. The highest BCUT2D eigenvalue weighted by atomic mass is 32.2. The third-order valence-electron chi connectivity index (χ3n) is 8.38. The van der Waals surface area contributed by atoms with Crippen molar-refractivity contribution in [3.8, 4) is 0 Å². The molecule has 198 valence electrons. The molecule has 2 fully saturated rings. The van der Waals surface area contributed by atoms with E-state index in [9.17, 15) is 4.21 Å². The zero-order valence-corrected chi connectivity index (χ0v) is 24.6. The van der Waals surface area contributed by atoms with Crippen LogP contribution in [0, 0.1) is 0 Å². The number of nitrogens with one attached hydrogen (secondary N) is 1. The number of hydrogen-bond acceptors (Lipinski definition) is 1. The van der Waals surface area contributed by atoms with Gasteiger partial charge < -0.3 is 0 Å². The first kappa shape index (κ1) is 27.0. The standard InChI is InChI=1S/C33H44NOPS/c1-33(2,3)37(35)34-32(29-23-14-16-25-15-10-11-21-28(25)29)30-22-12-13-24-31(30)36(26-17-6-4-7-18-26)27-19-8-5-9-20-27/h10-16,21-24,26-27,32,34H,4-9,17-20H2,1-3H3/t32?,37-/m1/s1. The average molecular weight is 534 g/mol. The molecule has 0 spiro atoms. The molecule has 0 amide bonds. The molecule has 1 N–H and O–H groups in total. The Morgan fingerprint density at radius 2 is 1.27 bits per heavy atom. The first-order valence-corrected chi connectivity index (χ1v) is 17.1. The largest absolute Gasteiger partial charge is 0.242 e. The summed E-state index contributed by atoms with van der Waals surface area (Å²) in [6.45, 7) is 6.21. The fourth-order valence-corrected chi connectivity index (χ4v) is 11.3. The molecule has 0 heterocycles. The Balaban J connectivity index is 1.65. The van der Waals surface area contributed by atoms with Crippen molar-refractivity contribution in [1.29, 1.82) is 0 Å². The van der Waals surface area contributed by atoms with Gasteiger partial charge in [0.1, 0.15) is 0 Å². The summed E-state index contributed by atoms with van der Waals surface area (Å²) in [4.78, 5) is 0. The van der Waals surface area contributed by atoms with E-state index in [4.69, 9.17) is 0 Å². The van der Waals surface area contributed by atoms with E-state index < -0.39 is 11.0 Å². The van der Waals surface area contributed by atoms with Crippen LogP contribution in [0.4, 0.5) is 0 Å². The van der Waals surface area contributed by atoms with Crippen molar-refractivity contribution >= 4 is 35.0 Å². The molecule has 2 saturated carbocycles. The normalized spacial score (nSPS) is 19.8. The maximum atomic E-state index is 13.6. The Morgan fingerprint density at radius 3 is 1.92 bits per heavy atom. The van der Waals surface area contributed by atoms with Crippen LogP contribution in [0.5, 0.6) is 0 Å². The summed E-state index contributed by atoms with van der Waals surface area (Å²) in [5, 5.41) is 4.07. The molecule has 2 atom stereocenters. The van der Waals surface area contributed by atoms with Gasteiger partial charge in [-0.25, -0.2) is 8.93 Å². The van der Waals surface area contributed by atoms with Crippen LogP contribution in [-0.2, 0) is 11.0 Å². The third kappa shape index (κ3) is 6.21. The molecule has 0 saturated heterocycles. The van der Waals surface area contributed by atoms with Gasteiger partial charge in [-0.3, -0.25) is 0 Å². The summed E-state index contributed by atoms with van der Waals surface area (Å²) in [6, 6.07) is 24.4. The van der Waals surface area contributed by atoms with Crippen LogP contribution in [0.25, 0.3) is 10.8 Å². The Kier molecular flexibility index (Phi) is 8.85. The van der Waals surface area contributed by atoms with Crippen LogP contribution in [0.1, 0.15) is 102 Å². The summed E-state index contributed by atoms with van der Waals surface area (Å²) in [5.74, 6) is 0. The van der Waals surface area contributed by atoms with Crippen molar-refractivity contribution < 1.29 is 4.21 Å². The molecule has 1 unspecified atom stereocenters. The number of benzene rings is 3. The second kappa shape index (κ2) is 12.1. The summed E-state index contributed by atoms with van der Waals surface area (Å²) in [6.07, 6.45) is 13.9. The zero-order valence-electron chi connectivity index (χ0n) is 22.9. The molecule has 3 aromatic carbocycles. The molecular weight excluding hydrogens is 489 g/mol. The second-order valence-corrected chi connectivity index (χ2v) is 16.8. The third-order valence-corrected chi connectivity index (χ3v) is 13.5. The SMILES string of the molecule is CC(C)(C)[S@@](=O)NC(c1ccccc1P(C1CCCCC1)C1CCCCC1)c1cccc2ccccc12. The predicted molar refractivity (Wildman–Crippen MR) is 164 cm³/mol. The van der Waals surface area contributed by atoms with Crippen LogP contribution in [0.3, 0.4) is 0 Å². The highest BCUT2D eigenvalue weighted by molar-refractivity contribution is 7.84. The van der Waals surface area contributed by atoms with E-state index in [1.54, 1.807) is 5.30 Å². The van der Waals surface area contributed by atoms with Gasteiger partial charge in [-0.2, -0.15) is 0 Å². The molecule has 3 aromatic rings. The number of fused-ring (bicyclic) bond motifs is 1. The smallest absolute Gasteiger partial charge is 0.0979 e. The maximum Gasteiger partial charge on any atom is 0.0979 e. The predicted octanol–water partition coefficient (Wildman–Crippen LogP) is 8.75. The topological polar surface area (TPSA) is 29.1 Å². The monoisotopic (exact) mass is 533 g/mol. The van der Waals surface area contributed by atoms with Gasteiger partial charge >= 0.3 is 0 Å². The van der Waals surface area contributed by atoms with Crippen molar-refractivity contribution in [2.24, 2.45) is 0 Å². The Morgan fingerprint density at radius 1 is 0.730 bits per heavy atom. The quantitative estimate of drug-likeness (QED) is 0.302. The minimum Gasteiger partial charge on any atom is -0.242 e. The molecule has 2 nitrogen and oxygen atoms in total. The Hall–Kier alpha value is -1.54. The van der Waals surface area contributed by atoms with E-state index >= 15 is 0 Å². The average Bonchev–Trinajstić information content (AvgIpc) is 2.93. The van der Waals surface area contributed by atoms with Gasteiger partial charge in [-0.15, -0.1) is 0 Å². The summed E-state index contributed by atoms with van der Waals surface area (Å²) in [7, 11) is -1.46. The fraction of sp³-hybridized carbons (Fsp3) is 0.515. The van der Waals surface area contributed by atoms with E-state index in [0.29, 0.717) is 0 Å². The number of hydrogen-bond donors (Lipinski definition) is 1. The van der Waals surface area contributed by atoms with Gasteiger partial charge in [-0.1, -0.05) is 113 Å². The molecular formula is C33H44NOPS. The molecule has 0 aliphatic heterocycles. The first-order chi connectivity index (χ1) is 17.9. The zero-order chi connectivity index (χ0) is 25.8. The van der Waals surface area contributed by atoms with Gasteiger partial charge in [0.2, 0.25) is 0 Å². The minimum atomic E-state index is -1.19. The van der Waals surface area contributed by atoms with Gasteiger partial charge in [0, 0.05) is 0 Å². The summed E-state index contributed by atoms with van der Waals surface area (Å²) < 4.78 is 17.0.